The maximum absolute atomic E-state index is 13.0. The second kappa shape index (κ2) is 7.33. The molecule has 0 unspecified atom stereocenters. The number of rotatable bonds is 4. The third-order valence-corrected chi connectivity index (χ3v) is 5.41. The van der Waals surface area contributed by atoms with Crippen LogP contribution in [0.5, 0.6) is 0 Å². The van der Waals surface area contributed by atoms with E-state index in [2.05, 4.69) is 24.3 Å². The number of hydrogen-bond donors (Lipinski definition) is 0. The topological polar surface area (TPSA) is 29.4 Å². The molecule has 0 atom stereocenters. The lowest BCUT2D eigenvalue weighted by atomic mass is 9.92. The minimum Gasteiger partial charge on any atom is -0.288 e. The highest BCUT2D eigenvalue weighted by molar-refractivity contribution is 6.24. The molecule has 1 aliphatic rings. The second-order valence-electron chi connectivity index (χ2n) is 7.15. The summed E-state index contributed by atoms with van der Waals surface area (Å²) < 4.78 is 0. The van der Waals surface area contributed by atoms with Crippen molar-refractivity contribution in [2.75, 3.05) is 0 Å². The Labute approximate surface area is 170 Å². The zero-order chi connectivity index (χ0) is 19.6. The quantitative estimate of drug-likeness (QED) is 0.334. The van der Waals surface area contributed by atoms with Gasteiger partial charge in [0.05, 0.1) is 11.3 Å². The third-order valence-electron chi connectivity index (χ3n) is 5.41. The van der Waals surface area contributed by atoms with Crippen LogP contribution >= 0.6 is 0 Å². The van der Waals surface area contributed by atoms with Crippen LogP contribution in [0.15, 0.2) is 108 Å². The summed E-state index contributed by atoms with van der Waals surface area (Å²) in [6.45, 7) is 0. The fourth-order valence-electron chi connectivity index (χ4n) is 4.00. The molecule has 138 valence electrons. The van der Waals surface area contributed by atoms with Crippen LogP contribution in [-0.4, -0.2) is 12.0 Å². The summed E-state index contributed by atoms with van der Waals surface area (Å²) >= 11 is 0. The summed E-state index contributed by atoms with van der Waals surface area (Å²) in [5, 5.41) is 0. The van der Waals surface area contributed by atoms with Gasteiger partial charge in [-0.25, -0.2) is 0 Å². The summed E-state index contributed by atoms with van der Waals surface area (Å²) in [5.74, 6) is 0.0754. The molecule has 0 N–H and O–H groups in total. The highest BCUT2D eigenvalue weighted by atomic mass is 16.1. The highest BCUT2D eigenvalue weighted by Crippen LogP contribution is 2.41. The number of ketones is 1. The van der Waals surface area contributed by atoms with Gasteiger partial charge >= 0.3 is 0 Å². The van der Waals surface area contributed by atoms with E-state index in [1.165, 1.54) is 11.1 Å². The molecule has 2 nitrogen and oxygen atoms in total. The molecule has 0 aromatic heterocycles. The van der Waals surface area contributed by atoms with E-state index in [1.807, 2.05) is 85.1 Å². The predicted molar refractivity (Wildman–Crippen MR) is 118 cm³/mol. The Morgan fingerprint density at radius 3 is 1.79 bits per heavy atom. The molecule has 0 heterocycles. The maximum atomic E-state index is 13.0. The van der Waals surface area contributed by atoms with Gasteiger partial charge in [0.25, 0.3) is 0 Å². The fraction of sp³-hybridized carbons (Fsp3) is 0.0370. The van der Waals surface area contributed by atoms with E-state index in [1.54, 1.807) is 0 Å². The average molecular weight is 373 g/mol. The SMILES string of the molecule is O=C1c2ccccc2-c2cccc(N=CC(c3ccccc3)c3ccccc3)c21. The molecule has 0 aliphatic heterocycles. The molecule has 0 saturated heterocycles. The molecule has 5 rings (SSSR count). The molecule has 0 saturated carbocycles. The van der Waals surface area contributed by atoms with E-state index < -0.39 is 0 Å². The van der Waals surface area contributed by atoms with Crippen LogP contribution in [-0.2, 0) is 0 Å². The third kappa shape index (κ3) is 3.09. The zero-order valence-electron chi connectivity index (χ0n) is 15.8. The van der Waals surface area contributed by atoms with Gasteiger partial charge in [-0.3, -0.25) is 9.79 Å². The number of benzene rings is 4. The summed E-state index contributed by atoms with van der Waals surface area (Å²) in [5.41, 5.74) is 6.48. The van der Waals surface area contributed by atoms with Crippen molar-refractivity contribution < 1.29 is 4.79 Å². The first-order valence-corrected chi connectivity index (χ1v) is 9.74. The van der Waals surface area contributed by atoms with Gasteiger partial charge in [0.15, 0.2) is 5.78 Å². The molecular weight excluding hydrogens is 354 g/mol. The molecule has 0 spiro atoms. The molecule has 4 aromatic carbocycles. The van der Waals surface area contributed by atoms with Crippen molar-refractivity contribution in [1.29, 1.82) is 0 Å². The van der Waals surface area contributed by atoms with Crippen LogP contribution in [0.2, 0.25) is 0 Å². The van der Waals surface area contributed by atoms with Gasteiger partial charge in [-0.1, -0.05) is 97.1 Å². The molecule has 4 aromatic rings. The number of nitrogens with zero attached hydrogens (tertiary/aromatic N) is 1. The van der Waals surface area contributed by atoms with Gasteiger partial charge in [0, 0.05) is 17.7 Å². The molecule has 0 bridgehead atoms. The van der Waals surface area contributed by atoms with Gasteiger partial charge < -0.3 is 0 Å². The zero-order valence-corrected chi connectivity index (χ0v) is 15.8. The van der Waals surface area contributed by atoms with E-state index in [0.717, 1.165) is 22.4 Å². The van der Waals surface area contributed by atoms with Crippen LogP contribution in [0.3, 0.4) is 0 Å². The predicted octanol–water partition coefficient (Wildman–Crippen LogP) is 6.43. The Morgan fingerprint density at radius 2 is 1.14 bits per heavy atom. The first-order valence-electron chi connectivity index (χ1n) is 9.74. The Kier molecular flexibility index (Phi) is 4.38. The monoisotopic (exact) mass is 373 g/mol. The second-order valence-corrected chi connectivity index (χ2v) is 7.15. The lowest BCUT2D eigenvalue weighted by molar-refractivity contribution is 0.104. The lowest BCUT2D eigenvalue weighted by Gasteiger charge is -2.13. The van der Waals surface area contributed by atoms with Crippen molar-refractivity contribution in [1.82, 2.24) is 0 Å². The maximum Gasteiger partial charge on any atom is 0.196 e. The fourth-order valence-corrected chi connectivity index (χ4v) is 4.00. The van der Waals surface area contributed by atoms with E-state index in [-0.39, 0.29) is 11.7 Å². The van der Waals surface area contributed by atoms with Crippen molar-refractivity contribution in [2.45, 2.75) is 5.92 Å². The van der Waals surface area contributed by atoms with E-state index >= 15 is 0 Å². The van der Waals surface area contributed by atoms with Crippen LogP contribution in [0, 0.1) is 0 Å². The lowest BCUT2D eigenvalue weighted by Crippen LogP contribution is -2.02. The van der Waals surface area contributed by atoms with Crippen LogP contribution in [0.1, 0.15) is 33.0 Å². The molecule has 0 amide bonds. The van der Waals surface area contributed by atoms with Gasteiger partial charge in [0.1, 0.15) is 0 Å². The minimum absolute atomic E-state index is 0.0205. The molecular formula is C27H19NO. The van der Waals surface area contributed by atoms with Crippen LogP contribution in [0.25, 0.3) is 11.1 Å². The number of fused-ring (bicyclic) bond motifs is 3. The number of hydrogen-bond acceptors (Lipinski definition) is 2. The molecule has 0 fully saturated rings. The summed E-state index contributed by atoms with van der Waals surface area (Å²) in [6.07, 6.45) is 1.95. The van der Waals surface area contributed by atoms with Crippen LogP contribution < -0.4 is 0 Å². The molecule has 29 heavy (non-hydrogen) atoms. The standard InChI is InChI=1S/C27H19NO/c29-27-23-15-8-7-14-21(23)22-16-9-17-25(26(22)27)28-18-24(19-10-3-1-4-11-19)20-12-5-2-6-13-20/h1-18,24H. The van der Waals surface area contributed by atoms with Crippen LogP contribution in [0.4, 0.5) is 5.69 Å². The minimum atomic E-state index is 0.0205. The van der Waals surface area contributed by atoms with E-state index in [4.69, 9.17) is 4.99 Å². The van der Waals surface area contributed by atoms with E-state index in [9.17, 15) is 4.79 Å². The highest BCUT2D eigenvalue weighted by Gasteiger charge is 2.28. The first kappa shape index (κ1) is 17.3. The largest absolute Gasteiger partial charge is 0.288 e. The average Bonchev–Trinajstić information content (AvgIpc) is 3.09. The summed E-state index contributed by atoms with van der Waals surface area (Å²) in [7, 11) is 0. The summed E-state index contributed by atoms with van der Waals surface area (Å²) in [4.78, 5) is 17.8. The van der Waals surface area contributed by atoms with Crippen molar-refractivity contribution in [3.63, 3.8) is 0 Å². The van der Waals surface area contributed by atoms with Crippen molar-refractivity contribution >= 4 is 17.7 Å². The Morgan fingerprint density at radius 1 is 0.586 bits per heavy atom. The first-order chi connectivity index (χ1) is 14.3. The van der Waals surface area contributed by atoms with Gasteiger partial charge in [-0.2, -0.15) is 0 Å². The van der Waals surface area contributed by atoms with Crippen molar-refractivity contribution in [2.24, 2.45) is 4.99 Å². The van der Waals surface area contributed by atoms with Gasteiger partial charge in [0.2, 0.25) is 0 Å². The van der Waals surface area contributed by atoms with Gasteiger partial charge in [-0.15, -0.1) is 0 Å². The normalized spacial score (nSPS) is 12.4. The Bertz CT molecular complexity index is 1170. The number of carbonyl (C=O) groups is 1. The smallest absolute Gasteiger partial charge is 0.196 e. The number of carbonyl (C=O) groups excluding carboxylic acids is 1. The molecule has 0 radical (unpaired) electrons. The molecule has 1 aliphatic carbocycles. The summed E-state index contributed by atoms with van der Waals surface area (Å²) in [6, 6.07) is 34.3. The van der Waals surface area contributed by atoms with Crippen molar-refractivity contribution in [3.05, 3.63) is 125 Å². The Balaban J connectivity index is 1.59. The Hall–Kier alpha value is -3.78. The van der Waals surface area contributed by atoms with Gasteiger partial charge in [-0.05, 0) is 28.3 Å². The van der Waals surface area contributed by atoms with E-state index in [0.29, 0.717) is 5.56 Å². The number of aliphatic imine (C=N–C) groups is 1. The van der Waals surface area contributed by atoms with Crippen molar-refractivity contribution in [3.8, 4) is 11.1 Å². The molecule has 2 heteroatoms.